The predicted octanol–water partition coefficient (Wildman–Crippen LogP) is 2.13. The van der Waals surface area contributed by atoms with Crippen LogP contribution in [0.3, 0.4) is 0 Å². The largest absolute Gasteiger partial charge is 0.155 e. The third-order valence-corrected chi connectivity index (χ3v) is 3.51. The van der Waals surface area contributed by atoms with Gasteiger partial charge in [-0.3, -0.25) is 0 Å². The van der Waals surface area contributed by atoms with Crippen molar-refractivity contribution >= 4 is 11.8 Å². The molecule has 2 saturated heterocycles. The predicted molar refractivity (Wildman–Crippen MR) is 36.9 cm³/mol. The minimum absolute atomic E-state index is 0.966. The van der Waals surface area contributed by atoms with E-state index in [1.807, 2.05) is 0 Å². The molecule has 0 aromatic carbocycles. The van der Waals surface area contributed by atoms with Crippen molar-refractivity contribution < 1.29 is 0 Å². The summed E-state index contributed by atoms with van der Waals surface area (Å²) < 4.78 is 0. The first-order chi connectivity index (χ1) is 3.95. The number of thioether (sulfide) groups is 1. The van der Waals surface area contributed by atoms with Gasteiger partial charge in [-0.2, -0.15) is 11.8 Å². The zero-order chi connectivity index (χ0) is 5.40. The van der Waals surface area contributed by atoms with Crippen molar-refractivity contribution in [1.82, 2.24) is 0 Å². The number of hydrogen-bond donors (Lipinski definition) is 0. The van der Waals surface area contributed by atoms with Gasteiger partial charge in [-0.05, 0) is 32.1 Å². The van der Waals surface area contributed by atoms with Crippen LogP contribution in [-0.4, -0.2) is 10.5 Å². The van der Waals surface area contributed by atoms with Crippen molar-refractivity contribution in [3.05, 3.63) is 6.42 Å². The fourth-order valence-corrected chi connectivity index (χ4v) is 3.00. The molecular weight excluding hydrogens is 116 g/mol. The Hall–Kier alpha value is 0.350. The third-order valence-electron chi connectivity index (χ3n) is 1.94. The van der Waals surface area contributed by atoms with Gasteiger partial charge in [0.2, 0.25) is 0 Å². The van der Waals surface area contributed by atoms with Crippen LogP contribution in [0.4, 0.5) is 0 Å². The van der Waals surface area contributed by atoms with Crippen molar-refractivity contribution in [3.8, 4) is 0 Å². The first kappa shape index (κ1) is 5.16. The second-order valence-electron chi connectivity index (χ2n) is 2.62. The average Bonchev–Trinajstić information content (AvgIpc) is 2.12. The molecule has 0 aromatic rings. The monoisotopic (exact) mass is 126 g/mol. The van der Waals surface area contributed by atoms with Crippen LogP contribution in [0.15, 0.2) is 0 Å². The minimum atomic E-state index is 0.966. The maximum atomic E-state index is 3.43. The lowest BCUT2D eigenvalue weighted by Gasteiger charge is -2.16. The van der Waals surface area contributed by atoms with Gasteiger partial charge in [-0.1, -0.05) is 0 Å². The number of fused-ring (bicyclic) bond motifs is 2. The maximum Gasteiger partial charge on any atom is 0.00559 e. The van der Waals surface area contributed by atoms with Crippen LogP contribution in [0.1, 0.15) is 25.7 Å². The molecule has 0 aromatic heterocycles. The van der Waals surface area contributed by atoms with Gasteiger partial charge in [0.15, 0.2) is 0 Å². The van der Waals surface area contributed by atoms with E-state index in [4.69, 9.17) is 0 Å². The van der Waals surface area contributed by atoms with Crippen molar-refractivity contribution in [2.24, 2.45) is 0 Å². The van der Waals surface area contributed by atoms with E-state index in [1.165, 1.54) is 25.7 Å². The van der Waals surface area contributed by atoms with Crippen LogP contribution in [-0.2, 0) is 0 Å². The van der Waals surface area contributed by atoms with E-state index < -0.39 is 0 Å². The molecule has 2 aliphatic heterocycles. The zero-order valence-electron chi connectivity index (χ0n) is 4.89. The molecule has 2 rings (SSSR count). The van der Waals surface area contributed by atoms with E-state index in [-0.39, 0.29) is 0 Å². The van der Waals surface area contributed by atoms with Gasteiger partial charge >= 0.3 is 0 Å². The number of rotatable bonds is 0. The second-order valence-corrected chi connectivity index (χ2v) is 4.22. The van der Waals surface area contributed by atoms with Gasteiger partial charge in [0.25, 0.3) is 0 Å². The fourth-order valence-electron chi connectivity index (χ4n) is 1.49. The lowest BCUT2D eigenvalue weighted by molar-refractivity contribution is 0.777. The van der Waals surface area contributed by atoms with Crippen molar-refractivity contribution in [1.29, 1.82) is 0 Å². The summed E-state index contributed by atoms with van der Waals surface area (Å²) in [4.78, 5) is 0. The molecule has 0 spiro atoms. The van der Waals surface area contributed by atoms with Gasteiger partial charge in [-0.15, -0.1) is 0 Å². The Morgan fingerprint density at radius 1 is 1.12 bits per heavy atom. The molecule has 2 bridgehead atoms. The molecule has 2 unspecified atom stereocenters. The molecular formula is C7H10S. The zero-order valence-corrected chi connectivity index (χ0v) is 5.71. The third kappa shape index (κ3) is 0.771. The quantitative estimate of drug-likeness (QED) is 0.479. The average molecular weight is 126 g/mol. The molecule has 8 heavy (non-hydrogen) atoms. The van der Waals surface area contributed by atoms with Crippen molar-refractivity contribution in [2.45, 2.75) is 36.2 Å². The maximum absolute atomic E-state index is 3.43. The van der Waals surface area contributed by atoms with E-state index >= 15 is 0 Å². The highest BCUT2D eigenvalue weighted by molar-refractivity contribution is 8.00. The summed E-state index contributed by atoms with van der Waals surface area (Å²) in [5.74, 6) is 0. The molecule has 1 heteroatoms. The van der Waals surface area contributed by atoms with Crippen LogP contribution in [0.2, 0.25) is 0 Å². The van der Waals surface area contributed by atoms with Crippen LogP contribution >= 0.6 is 11.8 Å². The van der Waals surface area contributed by atoms with Crippen LogP contribution in [0.5, 0.6) is 0 Å². The molecule has 0 saturated carbocycles. The Morgan fingerprint density at radius 2 is 1.75 bits per heavy atom. The summed E-state index contributed by atoms with van der Waals surface area (Å²) in [6, 6.07) is 0. The van der Waals surface area contributed by atoms with Crippen molar-refractivity contribution in [2.75, 3.05) is 0 Å². The molecule has 0 N–H and O–H groups in total. The molecule has 44 valence electrons. The lowest BCUT2D eigenvalue weighted by atomic mass is 10.2. The van der Waals surface area contributed by atoms with Gasteiger partial charge in [0.05, 0.1) is 0 Å². The fraction of sp³-hybridized carbons (Fsp3) is 0.857. The minimum Gasteiger partial charge on any atom is -0.155 e. The van der Waals surface area contributed by atoms with Crippen LogP contribution in [0, 0.1) is 6.42 Å². The topological polar surface area (TPSA) is 0 Å². The molecule has 0 nitrogen and oxygen atoms in total. The molecule has 2 fully saturated rings. The van der Waals surface area contributed by atoms with Crippen LogP contribution < -0.4 is 0 Å². The first-order valence-corrected chi connectivity index (χ1v) is 4.25. The molecule has 0 aliphatic carbocycles. The summed E-state index contributed by atoms with van der Waals surface area (Å²) in [7, 11) is 0. The van der Waals surface area contributed by atoms with E-state index in [2.05, 4.69) is 18.2 Å². The Bertz CT molecular complexity index is 76.4. The van der Waals surface area contributed by atoms with E-state index in [1.54, 1.807) is 0 Å². The molecule has 2 radical (unpaired) electrons. The summed E-state index contributed by atoms with van der Waals surface area (Å²) in [5, 5.41) is 1.93. The lowest BCUT2D eigenvalue weighted by Crippen LogP contribution is -2.05. The molecule has 0 amide bonds. The highest BCUT2D eigenvalue weighted by Crippen LogP contribution is 2.42. The van der Waals surface area contributed by atoms with Crippen LogP contribution in [0.25, 0.3) is 0 Å². The van der Waals surface area contributed by atoms with Gasteiger partial charge < -0.3 is 0 Å². The summed E-state index contributed by atoms with van der Waals surface area (Å²) in [5.41, 5.74) is 0. The summed E-state index contributed by atoms with van der Waals surface area (Å²) in [6.45, 7) is 0. The molecule has 2 atom stereocenters. The first-order valence-electron chi connectivity index (χ1n) is 3.31. The van der Waals surface area contributed by atoms with E-state index in [9.17, 15) is 0 Å². The molecule has 2 aliphatic rings. The Kier molecular flexibility index (Phi) is 1.25. The highest BCUT2D eigenvalue weighted by atomic mass is 32.2. The normalized spacial score (nSPS) is 45.0. The standard InChI is InChI=1S/C7H10S/c1-2-6-4-5-7(3-1)8-6/h6-7H,2-5H2. The van der Waals surface area contributed by atoms with E-state index in [0.29, 0.717) is 0 Å². The Morgan fingerprint density at radius 3 is 2.25 bits per heavy atom. The second kappa shape index (κ2) is 1.94. The highest BCUT2D eigenvalue weighted by Gasteiger charge is 2.28. The smallest absolute Gasteiger partial charge is 0.00559 e. The van der Waals surface area contributed by atoms with Gasteiger partial charge in [0.1, 0.15) is 0 Å². The van der Waals surface area contributed by atoms with Gasteiger partial charge in [-0.25, -0.2) is 0 Å². The van der Waals surface area contributed by atoms with Crippen molar-refractivity contribution in [3.63, 3.8) is 0 Å². The van der Waals surface area contributed by atoms with Gasteiger partial charge in [0, 0.05) is 10.5 Å². The summed E-state index contributed by atoms with van der Waals surface area (Å²) in [6.07, 6.45) is 8.88. The Labute approximate surface area is 55.0 Å². The van der Waals surface area contributed by atoms with E-state index in [0.717, 1.165) is 10.5 Å². The molecule has 2 heterocycles. The summed E-state index contributed by atoms with van der Waals surface area (Å²) >= 11 is 2.19. The SMILES string of the molecule is [C]1CC2CCC(C1)S2. The Balaban J connectivity index is 2.03. The number of hydrogen-bond acceptors (Lipinski definition) is 1.